The van der Waals surface area contributed by atoms with Crippen molar-refractivity contribution >= 4 is 38.5 Å². The predicted octanol–water partition coefficient (Wildman–Crippen LogP) is 4.54. The molecule has 246 valence electrons. The lowest BCUT2D eigenvalue weighted by molar-refractivity contribution is -0.128. The summed E-state index contributed by atoms with van der Waals surface area (Å²) in [5.74, 6) is -2.39. The van der Waals surface area contributed by atoms with Crippen molar-refractivity contribution in [2.24, 2.45) is 0 Å². The van der Waals surface area contributed by atoms with E-state index in [1.54, 1.807) is 17.2 Å². The summed E-state index contributed by atoms with van der Waals surface area (Å²) in [5.41, 5.74) is -0.201. The van der Waals surface area contributed by atoms with Crippen LogP contribution in [0, 0.1) is 11.6 Å². The molecule has 1 amide bonds. The summed E-state index contributed by atoms with van der Waals surface area (Å²) in [6, 6.07) is 6.00. The summed E-state index contributed by atoms with van der Waals surface area (Å²) in [4.78, 5) is 44.0. The molecule has 2 bridgehead atoms. The minimum atomic E-state index is -3.99. The average molecular weight is 664 g/mol. The van der Waals surface area contributed by atoms with Crippen LogP contribution in [0.2, 0.25) is 0 Å². The molecule has 2 aliphatic heterocycles. The molecule has 0 spiro atoms. The van der Waals surface area contributed by atoms with Crippen LogP contribution < -0.4 is 15.3 Å². The van der Waals surface area contributed by atoms with Gasteiger partial charge in [0.15, 0.2) is 11.5 Å². The number of hydrogen-bond donors (Lipinski definition) is 1. The van der Waals surface area contributed by atoms with Gasteiger partial charge in [-0.2, -0.15) is 4.98 Å². The Morgan fingerprint density at radius 1 is 1.11 bits per heavy atom. The molecule has 1 saturated heterocycles. The highest BCUT2D eigenvalue weighted by molar-refractivity contribution is 7.92. The van der Waals surface area contributed by atoms with E-state index in [0.717, 1.165) is 12.1 Å². The fraction of sp³-hybridized carbons (Fsp3) is 0.364. The second kappa shape index (κ2) is 12.1. The van der Waals surface area contributed by atoms with Gasteiger partial charge in [-0.25, -0.2) is 31.5 Å². The van der Waals surface area contributed by atoms with Gasteiger partial charge in [-0.05, 0) is 68.5 Å². The Morgan fingerprint density at radius 2 is 1.87 bits per heavy atom. The number of halogens is 2. The Bertz CT molecular complexity index is 2100. The van der Waals surface area contributed by atoms with Gasteiger partial charge in [-0.1, -0.05) is 26.5 Å². The number of hydrogen-bond acceptors (Lipinski definition) is 8. The monoisotopic (exact) mass is 663 g/mol. The summed E-state index contributed by atoms with van der Waals surface area (Å²) < 4.78 is 61.9. The largest absolute Gasteiger partial charge is 0.355 e. The summed E-state index contributed by atoms with van der Waals surface area (Å²) >= 11 is 0. The average Bonchev–Trinajstić information content (AvgIpc) is 3.01. The molecule has 0 aliphatic carbocycles. The first-order valence-electron chi connectivity index (χ1n) is 15.4. The summed E-state index contributed by atoms with van der Waals surface area (Å²) in [6.45, 7) is 11.7. The van der Waals surface area contributed by atoms with E-state index >= 15 is 8.78 Å². The van der Waals surface area contributed by atoms with Crippen LogP contribution >= 0.6 is 0 Å². The number of amides is 1. The van der Waals surface area contributed by atoms with Crippen molar-refractivity contribution in [3.8, 4) is 16.9 Å². The molecule has 1 aromatic carbocycles. The normalized spacial score (nSPS) is 19.3. The second-order valence-corrected chi connectivity index (χ2v) is 14.2. The summed E-state index contributed by atoms with van der Waals surface area (Å²) in [7, 11) is -3.99. The number of piperazine rings is 1. The Labute approximate surface area is 271 Å². The van der Waals surface area contributed by atoms with E-state index in [9.17, 15) is 18.0 Å². The molecule has 2 atom stereocenters. The van der Waals surface area contributed by atoms with E-state index in [4.69, 9.17) is 0 Å². The van der Waals surface area contributed by atoms with E-state index in [2.05, 4.69) is 26.3 Å². The van der Waals surface area contributed by atoms with Gasteiger partial charge in [-0.3, -0.25) is 14.5 Å². The van der Waals surface area contributed by atoms with Crippen molar-refractivity contribution in [3.05, 3.63) is 82.6 Å². The molecule has 0 unspecified atom stereocenters. The lowest BCUT2D eigenvalue weighted by Crippen LogP contribution is -2.58. The van der Waals surface area contributed by atoms with Gasteiger partial charge in [0.25, 0.3) is 0 Å². The first-order chi connectivity index (χ1) is 22.3. The molecule has 47 heavy (non-hydrogen) atoms. The van der Waals surface area contributed by atoms with Crippen LogP contribution in [0.5, 0.6) is 0 Å². The van der Waals surface area contributed by atoms with Crippen molar-refractivity contribution in [1.29, 1.82) is 0 Å². The van der Waals surface area contributed by atoms with E-state index in [-0.39, 0.29) is 77.2 Å². The van der Waals surface area contributed by atoms with Gasteiger partial charge >= 0.3 is 5.69 Å². The van der Waals surface area contributed by atoms with Gasteiger partial charge in [0, 0.05) is 31.4 Å². The van der Waals surface area contributed by atoms with Crippen molar-refractivity contribution in [1.82, 2.24) is 24.4 Å². The molecule has 4 aromatic rings. The molecule has 1 N–H and O–H groups in total. The van der Waals surface area contributed by atoms with E-state index in [1.807, 2.05) is 32.6 Å². The maximum Gasteiger partial charge on any atom is 0.355 e. The number of carbonyl (C=O) groups excluding carboxylic acids is 1. The number of carbonyl (C=O) groups is 1. The van der Waals surface area contributed by atoms with Gasteiger partial charge < -0.3 is 9.80 Å². The van der Waals surface area contributed by atoms with Crippen LogP contribution in [-0.2, 0) is 21.2 Å². The number of nitrogens with one attached hydrogen (secondary N) is 1. The predicted molar refractivity (Wildman–Crippen MR) is 176 cm³/mol. The Hall–Kier alpha value is -4.72. The van der Waals surface area contributed by atoms with Gasteiger partial charge in [0.1, 0.15) is 17.3 Å². The molecule has 5 heterocycles. The minimum absolute atomic E-state index is 0.00769. The van der Waals surface area contributed by atoms with E-state index in [0.29, 0.717) is 23.5 Å². The Morgan fingerprint density at radius 3 is 2.60 bits per heavy atom. The van der Waals surface area contributed by atoms with Crippen LogP contribution in [0.4, 0.5) is 20.3 Å². The first-order valence-corrected chi connectivity index (χ1v) is 17.1. The van der Waals surface area contributed by atoms with Crippen LogP contribution in [-0.4, -0.2) is 69.7 Å². The second-order valence-electron chi connectivity index (χ2n) is 12.3. The smallest absolute Gasteiger partial charge is 0.349 e. The molecule has 6 rings (SSSR count). The first kappa shape index (κ1) is 32.2. The van der Waals surface area contributed by atoms with Gasteiger partial charge in [0.05, 0.1) is 33.8 Å². The van der Waals surface area contributed by atoms with Crippen LogP contribution in [0.15, 0.2) is 54.0 Å². The zero-order chi connectivity index (χ0) is 33.8. The van der Waals surface area contributed by atoms with Crippen molar-refractivity contribution in [2.45, 2.75) is 58.5 Å². The fourth-order valence-corrected chi connectivity index (χ4v) is 7.59. The number of anilines is 2. The highest BCUT2D eigenvalue weighted by atomic mass is 32.2. The summed E-state index contributed by atoms with van der Waals surface area (Å²) in [6.07, 6.45) is 3.28. The fourth-order valence-electron chi connectivity index (χ4n) is 6.46. The van der Waals surface area contributed by atoms with Crippen molar-refractivity contribution in [2.75, 3.05) is 28.5 Å². The maximum absolute atomic E-state index is 16.3. The minimum Gasteiger partial charge on any atom is -0.349 e. The third-order valence-electron chi connectivity index (χ3n) is 8.70. The molecule has 14 heteroatoms. The van der Waals surface area contributed by atoms with Crippen LogP contribution in [0.3, 0.4) is 0 Å². The van der Waals surface area contributed by atoms with Gasteiger partial charge in [-0.15, -0.1) is 0 Å². The third-order valence-corrected chi connectivity index (χ3v) is 10.1. The molecular formula is C33H35F2N7O4S. The Balaban J connectivity index is 1.71. The number of fused-ring (bicyclic) bond motifs is 5. The van der Waals surface area contributed by atoms with Gasteiger partial charge in [0.2, 0.25) is 15.9 Å². The number of nitrogens with zero attached hydrogens (tertiary/aromatic N) is 6. The third kappa shape index (κ3) is 5.75. The quantitative estimate of drug-likeness (QED) is 0.316. The molecule has 1 fully saturated rings. The number of benzene rings is 1. The molecule has 0 radical (unpaired) electrons. The SMILES string of the molecule is C=CC(=O)N1C[C@H](C)N(c2nc(=O)n3c4nc(c(F)cc24)-c2c(F)cccc2NS(=O)(=O)CCCc2ccnc(C(C)C)c2-3)C[C@H]1C. The van der Waals surface area contributed by atoms with E-state index < -0.39 is 33.0 Å². The molecule has 0 saturated carbocycles. The lowest BCUT2D eigenvalue weighted by Gasteiger charge is -2.44. The molecule has 3 aromatic heterocycles. The highest BCUT2D eigenvalue weighted by Gasteiger charge is 2.34. The topological polar surface area (TPSA) is 130 Å². The number of rotatable bonds is 3. The molecular weight excluding hydrogens is 628 g/mol. The van der Waals surface area contributed by atoms with Crippen LogP contribution in [0.25, 0.3) is 28.0 Å². The highest BCUT2D eigenvalue weighted by Crippen LogP contribution is 2.37. The maximum atomic E-state index is 16.3. The zero-order valence-corrected chi connectivity index (χ0v) is 27.3. The standard InChI is InChI=1S/C33H35F2N7O4S/c1-6-26(43)40-16-20(5)41(17-19(40)4)31-22-15-24(35)29-27-23(34)10-7-11-25(27)39-47(45,46)14-8-9-21-12-13-36-28(18(2)3)30(21)42(32(22)37-29)33(44)38-31/h6-7,10-13,15,18-20,39H,1,8-9,14,16-17H2,2-5H3/t19-,20+/m1/s1. The zero-order valence-electron chi connectivity index (χ0n) is 26.5. The molecule has 2 aliphatic rings. The number of sulfonamides is 1. The van der Waals surface area contributed by atoms with E-state index in [1.165, 1.54) is 22.8 Å². The number of pyridine rings is 2. The number of aryl methyl sites for hydroxylation is 1. The lowest BCUT2D eigenvalue weighted by atomic mass is 10.0. The van der Waals surface area contributed by atoms with Crippen molar-refractivity contribution < 1.29 is 22.0 Å². The van der Waals surface area contributed by atoms with Crippen LogP contribution in [0.1, 0.15) is 51.3 Å². The number of aromatic nitrogens is 4. The Kier molecular flexibility index (Phi) is 8.32. The summed E-state index contributed by atoms with van der Waals surface area (Å²) in [5, 5.41) is 0.186. The van der Waals surface area contributed by atoms with Crippen molar-refractivity contribution in [3.63, 3.8) is 0 Å². The molecule has 11 nitrogen and oxygen atoms in total.